The molecule has 3 heteroatoms. The van der Waals surface area contributed by atoms with Crippen molar-refractivity contribution < 1.29 is 14.3 Å². The SMILES string of the molecule is C=C(C)C(=O)OC.COC. The molecule has 0 aromatic rings. The van der Waals surface area contributed by atoms with Crippen molar-refractivity contribution in [3.63, 3.8) is 0 Å². The highest BCUT2D eigenvalue weighted by Gasteiger charge is 1.95. The van der Waals surface area contributed by atoms with Gasteiger partial charge in [-0.25, -0.2) is 4.79 Å². The van der Waals surface area contributed by atoms with Gasteiger partial charge >= 0.3 is 5.97 Å². The Labute approximate surface area is 61.6 Å². The van der Waals surface area contributed by atoms with Gasteiger partial charge in [0.1, 0.15) is 0 Å². The fourth-order valence-electron chi connectivity index (χ4n) is 0.174. The first-order valence-corrected chi connectivity index (χ1v) is 2.74. The summed E-state index contributed by atoms with van der Waals surface area (Å²) >= 11 is 0. The summed E-state index contributed by atoms with van der Waals surface area (Å²) in [6.07, 6.45) is 0. The zero-order chi connectivity index (χ0) is 8.57. The Balaban J connectivity index is 0. The third-order valence-electron chi connectivity index (χ3n) is 0.534. The summed E-state index contributed by atoms with van der Waals surface area (Å²) in [5.74, 6) is -0.347. The molecule has 0 atom stereocenters. The third-order valence-corrected chi connectivity index (χ3v) is 0.534. The van der Waals surface area contributed by atoms with Crippen molar-refractivity contribution in [2.45, 2.75) is 6.92 Å². The molecule has 10 heavy (non-hydrogen) atoms. The Morgan fingerprint density at radius 2 is 1.60 bits per heavy atom. The predicted octanol–water partition coefficient (Wildman–Crippen LogP) is 0.998. The smallest absolute Gasteiger partial charge is 0.332 e. The van der Waals surface area contributed by atoms with E-state index in [0.29, 0.717) is 5.57 Å². The molecule has 0 spiro atoms. The van der Waals surface area contributed by atoms with Crippen LogP contribution in [-0.4, -0.2) is 27.3 Å². The third kappa shape index (κ3) is 10.2. The highest BCUT2D eigenvalue weighted by molar-refractivity contribution is 5.86. The number of carbonyl (C=O) groups is 1. The first kappa shape index (κ1) is 11.9. The topological polar surface area (TPSA) is 35.5 Å². The van der Waals surface area contributed by atoms with E-state index < -0.39 is 0 Å². The van der Waals surface area contributed by atoms with Crippen molar-refractivity contribution in [1.82, 2.24) is 0 Å². The Hall–Kier alpha value is -0.830. The molecule has 0 saturated carbocycles. The van der Waals surface area contributed by atoms with Crippen molar-refractivity contribution in [3.8, 4) is 0 Å². The van der Waals surface area contributed by atoms with E-state index in [1.807, 2.05) is 0 Å². The molecule has 0 aliphatic carbocycles. The van der Waals surface area contributed by atoms with Gasteiger partial charge in [-0.2, -0.15) is 0 Å². The standard InChI is InChI=1S/C5H8O2.C2H6O/c1-4(2)5(6)7-3;1-3-2/h1H2,2-3H3;1-2H3. The summed E-state index contributed by atoms with van der Waals surface area (Å²) in [6, 6.07) is 0. The Morgan fingerprint density at radius 3 is 1.60 bits per heavy atom. The van der Waals surface area contributed by atoms with Crippen molar-refractivity contribution in [3.05, 3.63) is 12.2 Å². The van der Waals surface area contributed by atoms with E-state index >= 15 is 0 Å². The number of hydrogen-bond acceptors (Lipinski definition) is 3. The molecule has 0 rings (SSSR count). The lowest BCUT2D eigenvalue weighted by atomic mass is 10.4. The monoisotopic (exact) mass is 146 g/mol. The molecule has 0 unspecified atom stereocenters. The van der Waals surface area contributed by atoms with Crippen LogP contribution in [0.1, 0.15) is 6.92 Å². The first-order valence-electron chi connectivity index (χ1n) is 2.74. The summed E-state index contributed by atoms with van der Waals surface area (Å²) in [5, 5.41) is 0. The van der Waals surface area contributed by atoms with Crippen molar-refractivity contribution in [2.75, 3.05) is 21.3 Å². The van der Waals surface area contributed by atoms with Gasteiger partial charge in [0.2, 0.25) is 0 Å². The molecule has 0 N–H and O–H groups in total. The van der Waals surface area contributed by atoms with Gasteiger partial charge < -0.3 is 9.47 Å². The van der Waals surface area contributed by atoms with Gasteiger partial charge in [0, 0.05) is 19.8 Å². The first-order chi connectivity index (χ1) is 4.59. The molecule has 0 heterocycles. The zero-order valence-electron chi connectivity index (χ0n) is 6.93. The van der Waals surface area contributed by atoms with Crippen LogP contribution in [0.15, 0.2) is 12.2 Å². The predicted molar refractivity (Wildman–Crippen MR) is 39.8 cm³/mol. The summed E-state index contributed by atoms with van der Waals surface area (Å²) in [5.41, 5.74) is 0.433. The van der Waals surface area contributed by atoms with Crippen LogP contribution in [0.4, 0.5) is 0 Å². The molecule has 60 valence electrons. The number of hydrogen-bond donors (Lipinski definition) is 0. The van der Waals surface area contributed by atoms with Crippen LogP contribution in [-0.2, 0) is 14.3 Å². The van der Waals surface area contributed by atoms with Crippen molar-refractivity contribution >= 4 is 5.97 Å². The molecule has 0 amide bonds. The van der Waals surface area contributed by atoms with Gasteiger partial charge in [0.05, 0.1) is 7.11 Å². The number of methoxy groups -OCH3 is 2. The van der Waals surface area contributed by atoms with E-state index in [1.165, 1.54) is 7.11 Å². The lowest BCUT2D eigenvalue weighted by Crippen LogP contribution is -1.98. The van der Waals surface area contributed by atoms with Gasteiger partial charge in [-0.05, 0) is 6.92 Å². The highest BCUT2D eigenvalue weighted by atomic mass is 16.5. The molecule has 0 aliphatic heterocycles. The Kier molecular flexibility index (Phi) is 9.73. The van der Waals surface area contributed by atoms with Crippen LogP contribution in [0.2, 0.25) is 0 Å². The largest absolute Gasteiger partial charge is 0.466 e. The molecule has 0 aromatic carbocycles. The minimum atomic E-state index is -0.347. The van der Waals surface area contributed by atoms with Gasteiger partial charge in [-0.15, -0.1) is 0 Å². The second kappa shape index (κ2) is 8.17. The number of ether oxygens (including phenoxy) is 2. The van der Waals surface area contributed by atoms with Crippen LogP contribution in [0.25, 0.3) is 0 Å². The van der Waals surface area contributed by atoms with E-state index in [2.05, 4.69) is 16.1 Å². The van der Waals surface area contributed by atoms with Crippen LogP contribution >= 0.6 is 0 Å². The average Bonchev–Trinajstić information content (AvgIpc) is 1.88. The molecule has 0 bridgehead atoms. The lowest BCUT2D eigenvalue weighted by molar-refractivity contribution is -0.136. The van der Waals surface area contributed by atoms with Gasteiger partial charge in [0.25, 0.3) is 0 Å². The maximum absolute atomic E-state index is 10.2. The van der Waals surface area contributed by atoms with Gasteiger partial charge in [-0.3, -0.25) is 0 Å². The van der Waals surface area contributed by atoms with Crippen LogP contribution in [0.3, 0.4) is 0 Å². The highest BCUT2D eigenvalue weighted by Crippen LogP contribution is 1.87. The summed E-state index contributed by atoms with van der Waals surface area (Å²) in [4.78, 5) is 10.2. The van der Waals surface area contributed by atoms with E-state index in [0.717, 1.165) is 0 Å². The maximum Gasteiger partial charge on any atom is 0.332 e. The Morgan fingerprint density at radius 1 is 1.30 bits per heavy atom. The molecule has 0 aromatic heterocycles. The summed E-state index contributed by atoms with van der Waals surface area (Å²) in [6.45, 7) is 4.95. The normalized spacial score (nSPS) is 7.20. The van der Waals surface area contributed by atoms with Crippen LogP contribution < -0.4 is 0 Å². The lowest BCUT2D eigenvalue weighted by Gasteiger charge is -1.91. The van der Waals surface area contributed by atoms with Crippen LogP contribution in [0, 0.1) is 0 Å². The van der Waals surface area contributed by atoms with E-state index in [1.54, 1.807) is 21.1 Å². The van der Waals surface area contributed by atoms with Crippen LogP contribution in [0.5, 0.6) is 0 Å². The quantitative estimate of drug-likeness (QED) is 0.409. The molecule has 0 aliphatic rings. The molecule has 0 fully saturated rings. The Bertz CT molecular complexity index is 107. The number of esters is 1. The molecular formula is C7H14O3. The maximum atomic E-state index is 10.2. The van der Waals surface area contributed by atoms with Crippen molar-refractivity contribution in [2.24, 2.45) is 0 Å². The average molecular weight is 146 g/mol. The molecule has 0 saturated heterocycles. The fourth-order valence-corrected chi connectivity index (χ4v) is 0.174. The van der Waals surface area contributed by atoms with E-state index in [4.69, 9.17) is 0 Å². The second-order valence-electron chi connectivity index (χ2n) is 1.68. The molecule has 3 nitrogen and oxygen atoms in total. The number of carbonyl (C=O) groups excluding carboxylic acids is 1. The van der Waals surface area contributed by atoms with Gasteiger partial charge in [-0.1, -0.05) is 6.58 Å². The van der Waals surface area contributed by atoms with Crippen molar-refractivity contribution in [1.29, 1.82) is 0 Å². The van der Waals surface area contributed by atoms with E-state index in [-0.39, 0.29) is 5.97 Å². The minimum absolute atomic E-state index is 0.347. The minimum Gasteiger partial charge on any atom is -0.466 e. The molecular weight excluding hydrogens is 132 g/mol. The van der Waals surface area contributed by atoms with Gasteiger partial charge in [0.15, 0.2) is 0 Å². The summed E-state index contributed by atoms with van der Waals surface area (Å²) < 4.78 is 8.52. The number of rotatable bonds is 1. The zero-order valence-corrected chi connectivity index (χ0v) is 6.93. The summed E-state index contributed by atoms with van der Waals surface area (Å²) in [7, 11) is 4.58. The fraction of sp³-hybridized carbons (Fsp3) is 0.571. The molecule has 0 radical (unpaired) electrons. The van der Waals surface area contributed by atoms with E-state index in [9.17, 15) is 4.79 Å². The second-order valence-corrected chi connectivity index (χ2v) is 1.68.